The van der Waals surface area contributed by atoms with Gasteiger partial charge >= 0.3 is 0 Å². The summed E-state index contributed by atoms with van der Waals surface area (Å²) in [6.07, 6.45) is 4.25. The predicted octanol–water partition coefficient (Wildman–Crippen LogP) is 2.66. The monoisotopic (exact) mass is 310 g/mol. The summed E-state index contributed by atoms with van der Waals surface area (Å²) in [5.41, 5.74) is 1.03. The van der Waals surface area contributed by atoms with Crippen molar-refractivity contribution in [2.75, 3.05) is 0 Å². The number of halogens is 1. The third-order valence-electron chi connectivity index (χ3n) is 3.65. The van der Waals surface area contributed by atoms with E-state index in [2.05, 4.69) is 4.98 Å². The fourth-order valence-electron chi connectivity index (χ4n) is 2.77. The first-order valence-electron chi connectivity index (χ1n) is 6.71. The van der Waals surface area contributed by atoms with Crippen LogP contribution >= 0.6 is 22.9 Å². The second kappa shape index (κ2) is 5.30. The van der Waals surface area contributed by atoms with Gasteiger partial charge in [-0.15, -0.1) is 22.9 Å². The Balaban J connectivity index is 2.30. The number of thiophene rings is 1. The first-order chi connectivity index (χ1) is 9.61. The summed E-state index contributed by atoms with van der Waals surface area (Å²) in [5, 5.41) is 0.708. The average molecular weight is 311 g/mol. The van der Waals surface area contributed by atoms with E-state index >= 15 is 0 Å². The van der Waals surface area contributed by atoms with Crippen molar-refractivity contribution < 1.29 is 4.79 Å². The van der Waals surface area contributed by atoms with Crippen molar-refractivity contribution in [2.24, 2.45) is 0 Å². The number of carbonyl (C=O) groups is 1. The molecule has 0 amide bonds. The van der Waals surface area contributed by atoms with Crippen LogP contribution in [0.2, 0.25) is 0 Å². The molecule has 0 saturated carbocycles. The Morgan fingerprint density at radius 1 is 1.40 bits per heavy atom. The number of carbonyl (C=O) groups excluding carboxylic acids is 1. The minimum absolute atomic E-state index is 0.0500. The zero-order chi connectivity index (χ0) is 14.3. The zero-order valence-electron chi connectivity index (χ0n) is 11.2. The van der Waals surface area contributed by atoms with Gasteiger partial charge < -0.3 is 0 Å². The number of ketones is 1. The highest BCUT2D eigenvalue weighted by Crippen LogP contribution is 2.33. The number of alkyl halides is 1. The Labute approximate surface area is 125 Å². The van der Waals surface area contributed by atoms with Crippen LogP contribution in [0.5, 0.6) is 0 Å². The largest absolute Gasteiger partial charge is 0.298 e. The van der Waals surface area contributed by atoms with E-state index < -0.39 is 0 Å². The quantitative estimate of drug-likeness (QED) is 0.819. The van der Waals surface area contributed by atoms with Gasteiger partial charge in [0.2, 0.25) is 0 Å². The molecule has 0 aromatic carbocycles. The van der Waals surface area contributed by atoms with Crippen LogP contribution in [-0.4, -0.2) is 15.3 Å². The molecule has 0 spiro atoms. The van der Waals surface area contributed by atoms with Gasteiger partial charge in [0.15, 0.2) is 0 Å². The Kier molecular flexibility index (Phi) is 3.65. The molecule has 0 aliphatic heterocycles. The van der Waals surface area contributed by atoms with Gasteiger partial charge in [-0.2, -0.15) is 0 Å². The van der Waals surface area contributed by atoms with Crippen LogP contribution < -0.4 is 5.56 Å². The third-order valence-corrected chi connectivity index (χ3v) is 5.08. The highest BCUT2D eigenvalue weighted by atomic mass is 35.5. The molecule has 3 rings (SSSR count). The van der Waals surface area contributed by atoms with Crippen molar-refractivity contribution >= 4 is 38.9 Å². The highest BCUT2D eigenvalue weighted by molar-refractivity contribution is 7.18. The molecule has 0 N–H and O–H groups in total. The summed E-state index contributed by atoms with van der Waals surface area (Å²) in [4.78, 5) is 30.6. The van der Waals surface area contributed by atoms with Gasteiger partial charge in [-0.25, -0.2) is 4.98 Å². The molecule has 0 atom stereocenters. The summed E-state index contributed by atoms with van der Waals surface area (Å²) in [5.74, 6) is 0.558. The molecular formula is C14H15ClN2O2S. The molecule has 2 aromatic rings. The number of hydrogen-bond donors (Lipinski definition) is 0. The molecular weight excluding hydrogens is 296 g/mol. The van der Waals surface area contributed by atoms with Crippen LogP contribution in [-0.2, 0) is 30.1 Å². The smallest absolute Gasteiger partial charge is 0.263 e. The number of aryl methyl sites for hydroxylation is 2. The van der Waals surface area contributed by atoms with Gasteiger partial charge in [0.25, 0.3) is 5.56 Å². The number of Topliss-reactive ketones (excluding diaryl/α,β-unsaturated/α-hetero) is 1. The van der Waals surface area contributed by atoms with Crippen molar-refractivity contribution in [2.45, 2.75) is 45.0 Å². The number of aromatic nitrogens is 2. The zero-order valence-corrected chi connectivity index (χ0v) is 12.8. The first-order valence-corrected chi connectivity index (χ1v) is 8.06. The fraction of sp³-hybridized carbons (Fsp3) is 0.500. The van der Waals surface area contributed by atoms with Gasteiger partial charge in [-0.1, -0.05) is 0 Å². The van der Waals surface area contributed by atoms with Crippen molar-refractivity contribution in [1.82, 2.24) is 9.55 Å². The van der Waals surface area contributed by atoms with E-state index in [1.165, 1.54) is 22.8 Å². The normalized spacial score (nSPS) is 14.5. The maximum atomic E-state index is 12.7. The van der Waals surface area contributed by atoms with Gasteiger partial charge in [0.05, 0.1) is 17.8 Å². The van der Waals surface area contributed by atoms with E-state index in [0.717, 1.165) is 29.7 Å². The van der Waals surface area contributed by atoms with E-state index in [-0.39, 0.29) is 23.8 Å². The Morgan fingerprint density at radius 3 is 2.85 bits per heavy atom. The molecule has 0 bridgehead atoms. The molecule has 2 aromatic heterocycles. The average Bonchev–Trinajstić information content (AvgIpc) is 2.79. The van der Waals surface area contributed by atoms with Crippen molar-refractivity contribution in [1.29, 1.82) is 0 Å². The topological polar surface area (TPSA) is 52.0 Å². The highest BCUT2D eigenvalue weighted by Gasteiger charge is 2.22. The Hall–Kier alpha value is -1.20. The summed E-state index contributed by atoms with van der Waals surface area (Å²) >= 11 is 7.49. The van der Waals surface area contributed by atoms with Crippen LogP contribution in [0.25, 0.3) is 10.2 Å². The van der Waals surface area contributed by atoms with Crippen molar-refractivity contribution in [3.05, 3.63) is 26.6 Å². The molecule has 106 valence electrons. The summed E-state index contributed by atoms with van der Waals surface area (Å²) in [6, 6.07) is 0. The van der Waals surface area contributed by atoms with Crippen LogP contribution in [0.4, 0.5) is 0 Å². The molecule has 4 nitrogen and oxygen atoms in total. The number of nitrogens with zero attached hydrogens (tertiary/aromatic N) is 2. The molecule has 2 heterocycles. The van der Waals surface area contributed by atoms with E-state index in [9.17, 15) is 9.59 Å². The summed E-state index contributed by atoms with van der Waals surface area (Å²) in [7, 11) is 0. The van der Waals surface area contributed by atoms with E-state index in [1.54, 1.807) is 11.3 Å². The predicted molar refractivity (Wildman–Crippen MR) is 80.8 cm³/mol. The van der Waals surface area contributed by atoms with Gasteiger partial charge in [-0.3, -0.25) is 14.2 Å². The standard InChI is InChI=1S/C14H15ClN2O2S/c1-8(18)7-17-11(6-15)16-13-12(14(17)19)9-4-2-3-5-10(9)20-13/h2-7H2,1H3. The lowest BCUT2D eigenvalue weighted by atomic mass is 9.97. The lowest BCUT2D eigenvalue weighted by molar-refractivity contribution is -0.117. The van der Waals surface area contributed by atoms with Crippen molar-refractivity contribution in [3.8, 4) is 0 Å². The van der Waals surface area contributed by atoms with Gasteiger partial charge in [0, 0.05) is 4.88 Å². The molecule has 0 radical (unpaired) electrons. The lowest BCUT2D eigenvalue weighted by Gasteiger charge is -2.11. The molecule has 20 heavy (non-hydrogen) atoms. The van der Waals surface area contributed by atoms with Crippen LogP contribution in [0.1, 0.15) is 36.0 Å². The van der Waals surface area contributed by atoms with Crippen molar-refractivity contribution in [3.63, 3.8) is 0 Å². The molecule has 0 saturated heterocycles. The second-order valence-electron chi connectivity index (χ2n) is 5.15. The number of hydrogen-bond acceptors (Lipinski definition) is 4. The Bertz CT molecular complexity index is 748. The number of fused-ring (bicyclic) bond motifs is 3. The minimum atomic E-state index is -0.111. The van der Waals surface area contributed by atoms with Crippen LogP contribution in [0, 0.1) is 0 Å². The Morgan fingerprint density at radius 2 is 2.15 bits per heavy atom. The minimum Gasteiger partial charge on any atom is -0.298 e. The molecule has 1 aliphatic carbocycles. The SMILES string of the molecule is CC(=O)Cn1c(CCl)nc2sc3c(c2c1=O)CCCC3. The maximum absolute atomic E-state index is 12.7. The third kappa shape index (κ3) is 2.19. The summed E-state index contributed by atoms with van der Waals surface area (Å²) < 4.78 is 1.43. The second-order valence-corrected chi connectivity index (χ2v) is 6.50. The molecule has 1 aliphatic rings. The lowest BCUT2D eigenvalue weighted by Crippen LogP contribution is -2.27. The molecule has 0 fully saturated rings. The van der Waals surface area contributed by atoms with Gasteiger partial charge in [0.1, 0.15) is 16.4 Å². The van der Waals surface area contributed by atoms with E-state index in [0.29, 0.717) is 11.2 Å². The van der Waals surface area contributed by atoms with E-state index in [4.69, 9.17) is 11.6 Å². The molecule has 0 unspecified atom stereocenters. The fourth-order valence-corrected chi connectivity index (χ4v) is 4.24. The number of rotatable bonds is 3. The van der Waals surface area contributed by atoms with Crippen LogP contribution in [0.15, 0.2) is 4.79 Å². The van der Waals surface area contributed by atoms with Crippen LogP contribution in [0.3, 0.4) is 0 Å². The maximum Gasteiger partial charge on any atom is 0.263 e. The summed E-state index contributed by atoms with van der Waals surface area (Å²) in [6.45, 7) is 1.52. The van der Waals surface area contributed by atoms with E-state index in [1.807, 2.05) is 0 Å². The van der Waals surface area contributed by atoms with Gasteiger partial charge in [-0.05, 0) is 38.2 Å². The first kappa shape index (κ1) is 13.8. The molecule has 6 heteroatoms.